The van der Waals surface area contributed by atoms with Crippen LogP contribution < -0.4 is 5.73 Å². The summed E-state index contributed by atoms with van der Waals surface area (Å²) in [5.41, 5.74) is 5.04. The maximum absolute atomic E-state index is 12.2. The third-order valence-corrected chi connectivity index (χ3v) is 4.40. The smallest absolute Gasteiger partial charge is 0.217 e. The Morgan fingerprint density at radius 2 is 1.86 bits per heavy atom. The first-order valence-electron chi connectivity index (χ1n) is 7.16. The quantitative estimate of drug-likeness (QED) is 0.579. The molecule has 4 nitrogen and oxygen atoms in total. The van der Waals surface area contributed by atoms with Crippen molar-refractivity contribution in [3.05, 3.63) is 48.0 Å². The van der Waals surface area contributed by atoms with Gasteiger partial charge in [-0.15, -0.1) is 11.8 Å². The number of hydrogen-bond acceptors (Lipinski definition) is 4. The number of hydrogen-bond donors (Lipinski definition) is 2. The second-order valence-electron chi connectivity index (χ2n) is 5.11. The molecule has 0 heterocycles. The van der Waals surface area contributed by atoms with Gasteiger partial charge in [0.2, 0.25) is 5.91 Å². The number of benzene rings is 2. The standard InChI is InChI=1S/C17H19NO3S/c18-16(20)6-3-7-17(21)22-11-15(19)14-9-8-12-4-1-2-5-13(12)10-14/h1-2,4-5,8-10,17,21H,3,6-7,11H2,(H2,18,20). The number of aliphatic hydroxyl groups is 1. The summed E-state index contributed by atoms with van der Waals surface area (Å²) in [5.74, 6) is -0.162. The van der Waals surface area contributed by atoms with Gasteiger partial charge in [-0.3, -0.25) is 9.59 Å². The molecule has 1 amide bonds. The zero-order chi connectivity index (χ0) is 15.9. The maximum Gasteiger partial charge on any atom is 0.217 e. The Kier molecular flexibility index (Phi) is 5.98. The fraction of sp³-hybridized carbons (Fsp3) is 0.294. The molecule has 0 bridgehead atoms. The molecule has 1 unspecified atom stereocenters. The van der Waals surface area contributed by atoms with E-state index in [1.165, 1.54) is 11.8 Å². The summed E-state index contributed by atoms with van der Waals surface area (Å²) in [4.78, 5) is 22.8. The largest absolute Gasteiger partial charge is 0.382 e. The van der Waals surface area contributed by atoms with E-state index >= 15 is 0 Å². The van der Waals surface area contributed by atoms with Crippen LogP contribution >= 0.6 is 11.8 Å². The van der Waals surface area contributed by atoms with E-state index in [-0.39, 0.29) is 23.9 Å². The van der Waals surface area contributed by atoms with Crippen LogP contribution in [0.5, 0.6) is 0 Å². The first-order valence-corrected chi connectivity index (χ1v) is 8.21. The van der Waals surface area contributed by atoms with E-state index in [0.717, 1.165) is 10.8 Å². The van der Waals surface area contributed by atoms with Crippen LogP contribution in [0.15, 0.2) is 42.5 Å². The molecule has 0 aromatic heterocycles. The number of aliphatic hydroxyl groups excluding tert-OH is 1. The van der Waals surface area contributed by atoms with Crippen molar-refractivity contribution < 1.29 is 14.7 Å². The molecule has 0 aliphatic rings. The van der Waals surface area contributed by atoms with Gasteiger partial charge in [-0.1, -0.05) is 36.4 Å². The monoisotopic (exact) mass is 317 g/mol. The summed E-state index contributed by atoms with van der Waals surface area (Å²) in [6.07, 6.45) is 1.25. The van der Waals surface area contributed by atoms with Crippen LogP contribution in [0.3, 0.4) is 0 Å². The van der Waals surface area contributed by atoms with E-state index in [1.54, 1.807) is 0 Å². The second-order valence-corrected chi connectivity index (χ2v) is 6.28. The summed E-state index contributed by atoms with van der Waals surface area (Å²) >= 11 is 1.19. The maximum atomic E-state index is 12.2. The minimum Gasteiger partial charge on any atom is -0.382 e. The Morgan fingerprint density at radius 3 is 2.59 bits per heavy atom. The van der Waals surface area contributed by atoms with Gasteiger partial charge in [0.15, 0.2) is 5.78 Å². The lowest BCUT2D eigenvalue weighted by molar-refractivity contribution is -0.118. The molecule has 2 aromatic rings. The highest BCUT2D eigenvalue weighted by atomic mass is 32.2. The Morgan fingerprint density at radius 1 is 1.14 bits per heavy atom. The number of thioether (sulfide) groups is 1. The van der Waals surface area contributed by atoms with Gasteiger partial charge in [-0.2, -0.15) is 0 Å². The summed E-state index contributed by atoms with van der Waals surface area (Å²) in [6, 6.07) is 13.5. The predicted molar refractivity (Wildman–Crippen MR) is 89.8 cm³/mol. The van der Waals surface area contributed by atoms with Gasteiger partial charge in [0, 0.05) is 12.0 Å². The van der Waals surface area contributed by atoms with E-state index < -0.39 is 5.44 Å². The minimum atomic E-state index is -0.649. The van der Waals surface area contributed by atoms with Crippen molar-refractivity contribution in [3.8, 4) is 0 Å². The van der Waals surface area contributed by atoms with E-state index in [1.807, 2.05) is 42.5 Å². The van der Waals surface area contributed by atoms with Crippen LogP contribution in [0, 0.1) is 0 Å². The molecule has 3 N–H and O–H groups in total. The van der Waals surface area contributed by atoms with Crippen molar-refractivity contribution in [1.82, 2.24) is 0 Å². The zero-order valence-electron chi connectivity index (χ0n) is 12.2. The predicted octanol–water partition coefficient (Wildman–Crippen LogP) is 2.73. The Labute approximate surface area is 133 Å². The lowest BCUT2D eigenvalue weighted by Gasteiger charge is -2.09. The van der Waals surface area contributed by atoms with Gasteiger partial charge in [0.1, 0.15) is 0 Å². The Balaban J connectivity index is 1.86. The molecule has 0 aliphatic heterocycles. The normalized spacial score (nSPS) is 12.2. The van der Waals surface area contributed by atoms with Crippen molar-refractivity contribution in [2.45, 2.75) is 24.7 Å². The number of primary amides is 1. The third-order valence-electron chi connectivity index (χ3n) is 3.35. The van der Waals surface area contributed by atoms with Crippen LogP contribution in [0.4, 0.5) is 0 Å². The van der Waals surface area contributed by atoms with E-state index in [9.17, 15) is 14.7 Å². The summed E-state index contributed by atoms with van der Waals surface area (Å²) in [5, 5.41) is 11.9. The molecule has 0 saturated carbocycles. The third kappa shape index (κ3) is 4.86. The molecular formula is C17H19NO3S. The topological polar surface area (TPSA) is 80.4 Å². The molecule has 0 spiro atoms. The van der Waals surface area contributed by atoms with E-state index in [0.29, 0.717) is 18.4 Å². The highest BCUT2D eigenvalue weighted by molar-refractivity contribution is 8.00. The highest BCUT2D eigenvalue weighted by Crippen LogP contribution is 2.19. The van der Waals surface area contributed by atoms with Crippen LogP contribution in [0.1, 0.15) is 29.6 Å². The summed E-state index contributed by atoms with van der Waals surface area (Å²) < 4.78 is 0. The SMILES string of the molecule is NC(=O)CCCC(O)SCC(=O)c1ccc2ccccc2c1. The van der Waals surface area contributed by atoms with Crippen LogP contribution in [0.25, 0.3) is 10.8 Å². The lowest BCUT2D eigenvalue weighted by atomic mass is 10.1. The van der Waals surface area contributed by atoms with Gasteiger partial charge in [-0.05, 0) is 29.7 Å². The number of fused-ring (bicyclic) bond motifs is 1. The molecule has 1 atom stereocenters. The molecule has 0 radical (unpaired) electrons. The van der Waals surface area contributed by atoms with Gasteiger partial charge >= 0.3 is 0 Å². The van der Waals surface area contributed by atoms with Gasteiger partial charge in [-0.25, -0.2) is 0 Å². The molecule has 0 aliphatic carbocycles. The highest BCUT2D eigenvalue weighted by Gasteiger charge is 2.11. The number of nitrogens with two attached hydrogens (primary N) is 1. The average molecular weight is 317 g/mol. The number of rotatable bonds is 8. The van der Waals surface area contributed by atoms with Crippen LogP contribution in [0.2, 0.25) is 0 Å². The lowest BCUT2D eigenvalue weighted by Crippen LogP contribution is -2.12. The Hall–Kier alpha value is -1.85. The summed E-state index contributed by atoms with van der Waals surface area (Å²) in [6.45, 7) is 0. The fourth-order valence-electron chi connectivity index (χ4n) is 2.15. The Bertz CT molecular complexity index is 672. The average Bonchev–Trinajstić information content (AvgIpc) is 2.51. The van der Waals surface area contributed by atoms with Crippen molar-refractivity contribution in [2.24, 2.45) is 5.73 Å². The second kappa shape index (κ2) is 7.96. The van der Waals surface area contributed by atoms with Crippen molar-refractivity contribution in [2.75, 3.05) is 5.75 Å². The molecule has 5 heteroatoms. The number of amides is 1. The minimum absolute atomic E-state index is 0.00953. The zero-order valence-corrected chi connectivity index (χ0v) is 13.0. The molecule has 22 heavy (non-hydrogen) atoms. The molecular weight excluding hydrogens is 298 g/mol. The number of carbonyl (C=O) groups excluding carboxylic acids is 2. The van der Waals surface area contributed by atoms with Crippen molar-refractivity contribution in [3.63, 3.8) is 0 Å². The van der Waals surface area contributed by atoms with E-state index in [2.05, 4.69) is 0 Å². The number of Topliss-reactive ketones (excluding diaryl/α,β-unsaturated/α-hetero) is 1. The summed E-state index contributed by atoms with van der Waals surface area (Å²) in [7, 11) is 0. The molecule has 0 saturated heterocycles. The molecule has 116 valence electrons. The molecule has 2 aromatic carbocycles. The molecule has 2 rings (SSSR count). The molecule has 0 fully saturated rings. The van der Waals surface area contributed by atoms with Gasteiger partial charge in [0.25, 0.3) is 0 Å². The van der Waals surface area contributed by atoms with Crippen LogP contribution in [-0.2, 0) is 4.79 Å². The van der Waals surface area contributed by atoms with Gasteiger partial charge < -0.3 is 10.8 Å². The number of carbonyl (C=O) groups is 2. The first-order chi connectivity index (χ1) is 10.6. The number of ketones is 1. The first kappa shape index (κ1) is 16.5. The fourth-order valence-corrected chi connectivity index (χ4v) is 3.00. The van der Waals surface area contributed by atoms with Crippen molar-refractivity contribution in [1.29, 1.82) is 0 Å². The van der Waals surface area contributed by atoms with E-state index in [4.69, 9.17) is 5.73 Å². The van der Waals surface area contributed by atoms with Crippen LogP contribution in [-0.4, -0.2) is 28.0 Å². The van der Waals surface area contributed by atoms with Gasteiger partial charge in [0.05, 0.1) is 11.2 Å². The van der Waals surface area contributed by atoms with Crippen molar-refractivity contribution >= 4 is 34.2 Å².